The minimum absolute atomic E-state index is 0.318. The maximum atomic E-state index is 11.6. The van der Waals surface area contributed by atoms with E-state index in [0.29, 0.717) is 24.8 Å². The molecule has 0 unspecified atom stereocenters. The van der Waals surface area contributed by atoms with Gasteiger partial charge < -0.3 is 20.2 Å². The lowest BCUT2D eigenvalue weighted by Crippen LogP contribution is -2.53. The van der Waals surface area contributed by atoms with Crippen molar-refractivity contribution in [2.75, 3.05) is 64.0 Å². The second kappa shape index (κ2) is 9.00. The number of aliphatic imine (C=N–C) groups is 1. The fourth-order valence-corrected chi connectivity index (χ4v) is 4.78. The first-order valence-electron chi connectivity index (χ1n) is 9.82. The van der Waals surface area contributed by atoms with E-state index in [4.69, 9.17) is 0 Å². The number of nitrogens with zero attached hydrogens (tertiary/aromatic N) is 4. The molecule has 0 amide bonds. The zero-order valence-corrected chi connectivity index (χ0v) is 17.5. The van der Waals surface area contributed by atoms with E-state index in [0.717, 1.165) is 57.2 Å². The number of para-hydroxylation sites is 2. The van der Waals surface area contributed by atoms with Crippen LogP contribution in [0.3, 0.4) is 0 Å². The summed E-state index contributed by atoms with van der Waals surface area (Å²) in [6.07, 6.45) is 3.03. The van der Waals surface area contributed by atoms with Crippen LogP contribution in [0.2, 0.25) is 0 Å². The number of piperazine rings is 1. The van der Waals surface area contributed by atoms with Crippen LogP contribution in [-0.4, -0.2) is 87.8 Å². The van der Waals surface area contributed by atoms with E-state index in [2.05, 4.69) is 20.1 Å². The Bertz CT molecular complexity index is 783. The van der Waals surface area contributed by atoms with Gasteiger partial charge in [0.1, 0.15) is 5.75 Å². The summed E-state index contributed by atoms with van der Waals surface area (Å²) in [6.45, 7) is 5.33. The van der Waals surface area contributed by atoms with Gasteiger partial charge in [0, 0.05) is 52.9 Å². The van der Waals surface area contributed by atoms with Crippen molar-refractivity contribution in [1.82, 2.24) is 14.5 Å². The van der Waals surface area contributed by atoms with Crippen molar-refractivity contribution in [2.45, 2.75) is 12.8 Å². The third-order valence-corrected chi connectivity index (χ3v) is 6.91. The second-order valence-corrected chi connectivity index (χ2v) is 9.48. The number of anilines is 1. The van der Waals surface area contributed by atoms with Crippen LogP contribution in [0.4, 0.5) is 5.69 Å². The maximum Gasteiger partial charge on any atom is 0.211 e. The van der Waals surface area contributed by atoms with Gasteiger partial charge in [-0.25, -0.2) is 12.7 Å². The van der Waals surface area contributed by atoms with E-state index in [1.807, 2.05) is 18.2 Å². The molecule has 0 bridgehead atoms. The Morgan fingerprint density at radius 1 is 1.14 bits per heavy atom. The van der Waals surface area contributed by atoms with Gasteiger partial charge in [-0.15, -0.1) is 0 Å². The number of rotatable bonds is 4. The van der Waals surface area contributed by atoms with E-state index >= 15 is 0 Å². The highest BCUT2D eigenvalue weighted by Crippen LogP contribution is 2.27. The number of hydrogen-bond acceptors (Lipinski definition) is 5. The molecular weight excluding hydrogens is 378 g/mol. The lowest BCUT2D eigenvalue weighted by atomic mass is 9.98. The maximum absolute atomic E-state index is 11.6. The molecule has 28 heavy (non-hydrogen) atoms. The van der Waals surface area contributed by atoms with Crippen LogP contribution < -0.4 is 10.2 Å². The molecule has 2 aliphatic heterocycles. The molecule has 0 atom stereocenters. The quantitative estimate of drug-likeness (QED) is 0.564. The Morgan fingerprint density at radius 2 is 1.79 bits per heavy atom. The van der Waals surface area contributed by atoms with Crippen molar-refractivity contribution in [2.24, 2.45) is 10.9 Å². The molecule has 2 saturated heterocycles. The fraction of sp³-hybridized carbons (Fsp3) is 0.632. The van der Waals surface area contributed by atoms with Gasteiger partial charge in [-0.2, -0.15) is 0 Å². The first-order chi connectivity index (χ1) is 13.4. The number of nitrogens with one attached hydrogen (secondary N) is 1. The number of piperidine rings is 1. The Kier molecular flexibility index (Phi) is 6.66. The van der Waals surface area contributed by atoms with E-state index in [1.165, 1.54) is 6.26 Å². The van der Waals surface area contributed by atoms with Crippen molar-refractivity contribution >= 4 is 21.7 Å². The molecule has 0 aliphatic carbocycles. The Balaban J connectivity index is 1.46. The Hall–Kier alpha value is -2.00. The smallest absolute Gasteiger partial charge is 0.211 e. The van der Waals surface area contributed by atoms with Crippen molar-refractivity contribution in [1.29, 1.82) is 0 Å². The minimum Gasteiger partial charge on any atom is -0.506 e. The summed E-state index contributed by atoms with van der Waals surface area (Å²) < 4.78 is 24.8. The molecule has 2 heterocycles. The topological polar surface area (TPSA) is 88.5 Å². The largest absolute Gasteiger partial charge is 0.506 e. The van der Waals surface area contributed by atoms with Gasteiger partial charge in [0.05, 0.1) is 11.9 Å². The number of benzene rings is 1. The van der Waals surface area contributed by atoms with Gasteiger partial charge in [0.15, 0.2) is 5.96 Å². The molecule has 0 radical (unpaired) electrons. The Morgan fingerprint density at radius 3 is 2.36 bits per heavy atom. The number of phenols is 1. The third-order valence-electron chi connectivity index (χ3n) is 5.60. The van der Waals surface area contributed by atoms with Gasteiger partial charge in [-0.05, 0) is 30.9 Å². The molecular formula is C19H31N5O3S. The van der Waals surface area contributed by atoms with Gasteiger partial charge in [0.2, 0.25) is 10.0 Å². The predicted molar refractivity (Wildman–Crippen MR) is 112 cm³/mol. The summed E-state index contributed by atoms with van der Waals surface area (Å²) in [7, 11) is -1.28. The summed E-state index contributed by atoms with van der Waals surface area (Å²) >= 11 is 0. The molecule has 0 spiro atoms. The summed E-state index contributed by atoms with van der Waals surface area (Å²) in [6, 6.07) is 7.44. The fourth-order valence-electron chi connectivity index (χ4n) is 3.90. The van der Waals surface area contributed by atoms with Gasteiger partial charge >= 0.3 is 0 Å². The molecule has 9 heteroatoms. The van der Waals surface area contributed by atoms with Crippen LogP contribution in [0.1, 0.15) is 12.8 Å². The standard InChI is InChI=1S/C19H31N5O3S/c1-20-19(21-15-16-7-9-24(10-8-16)28(2,26)27)23-13-11-22(12-14-23)17-5-3-4-6-18(17)25/h3-6,16,25H,7-15H2,1-2H3,(H,20,21). The predicted octanol–water partition coefficient (Wildman–Crippen LogP) is 0.761. The van der Waals surface area contributed by atoms with Crippen LogP contribution in [0.5, 0.6) is 5.75 Å². The average molecular weight is 410 g/mol. The third kappa shape index (κ3) is 5.08. The highest BCUT2D eigenvalue weighted by Gasteiger charge is 2.26. The van der Waals surface area contributed by atoms with Crippen LogP contribution in [-0.2, 0) is 10.0 Å². The highest BCUT2D eigenvalue weighted by atomic mass is 32.2. The zero-order valence-electron chi connectivity index (χ0n) is 16.7. The number of sulfonamides is 1. The molecule has 156 valence electrons. The molecule has 2 N–H and O–H groups in total. The van der Waals surface area contributed by atoms with Crippen LogP contribution >= 0.6 is 0 Å². The number of guanidine groups is 1. The molecule has 1 aromatic carbocycles. The lowest BCUT2D eigenvalue weighted by Gasteiger charge is -2.38. The first-order valence-corrected chi connectivity index (χ1v) is 11.7. The summed E-state index contributed by atoms with van der Waals surface area (Å²) in [5, 5.41) is 13.5. The first kappa shape index (κ1) is 20.7. The van der Waals surface area contributed by atoms with Crippen LogP contribution in [0.25, 0.3) is 0 Å². The summed E-state index contributed by atoms with van der Waals surface area (Å²) in [5.74, 6) is 1.67. The van der Waals surface area contributed by atoms with Crippen molar-refractivity contribution in [3.05, 3.63) is 24.3 Å². The lowest BCUT2D eigenvalue weighted by molar-refractivity contribution is 0.271. The Labute approximate surface area is 167 Å². The summed E-state index contributed by atoms with van der Waals surface area (Å²) in [4.78, 5) is 8.86. The molecule has 8 nitrogen and oxygen atoms in total. The van der Waals surface area contributed by atoms with Crippen molar-refractivity contribution in [3.8, 4) is 5.75 Å². The number of aromatic hydroxyl groups is 1. The van der Waals surface area contributed by atoms with E-state index in [-0.39, 0.29) is 0 Å². The van der Waals surface area contributed by atoms with Gasteiger partial charge in [-0.1, -0.05) is 12.1 Å². The second-order valence-electron chi connectivity index (χ2n) is 7.50. The highest BCUT2D eigenvalue weighted by molar-refractivity contribution is 7.88. The van der Waals surface area contributed by atoms with Gasteiger partial charge in [-0.3, -0.25) is 4.99 Å². The number of phenolic OH excluding ortho intramolecular Hbond substituents is 1. The van der Waals surface area contributed by atoms with E-state index in [1.54, 1.807) is 17.4 Å². The van der Waals surface area contributed by atoms with Gasteiger partial charge in [0.25, 0.3) is 0 Å². The van der Waals surface area contributed by atoms with E-state index < -0.39 is 10.0 Å². The molecule has 3 rings (SSSR count). The zero-order chi connectivity index (χ0) is 20.1. The molecule has 2 fully saturated rings. The van der Waals surface area contributed by atoms with Crippen LogP contribution in [0, 0.1) is 5.92 Å². The van der Waals surface area contributed by atoms with Crippen LogP contribution in [0.15, 0.2) is 29.3 Å². The van der Waals surface area contributed by atoms with E-state index in [9.17, 15) is 13.5 Å². The average Bonchev–Trinajstić information content (AvgIpc) is 2.69. The number of hydrogen-bond donors (Lipinski definition) is 2. The SMILES string of the molecule is CN=C(NCC1CCN(S(C)(=O)=O)CC1)N1CCN(c2ccccc2O)CC1. The molecule has 0 aromatic heterocycles. The van der Waals surface area contributed by atoms with Crippen molar-refractivity contribution < 1.29 is 13.5 Å². The molecule has 1 aromatic rings. The molecule has 0 saturated carbocycles. The van der Waals surface area contributed by atoms with Crippen molar-refractivity contribution in [3.63, 3.8) is 0 Å². The monoisotopic (exact) mass is 409 g/mol. The minimum atomic E-state index is -3.08. The normalized spacial score (nSPS) is 20.4. The summed E-state index contributed by atoms with van der Waals surface area (Å²) in [5.41, 5.74) is 0.878. The molecule has 2 aliphatic rings.